The SMILES string of the molecule is CCCC(O)(CO)C(=O)c1ccco1. The third kappa shape index (κ3) is 2.02. The Labute approximate surface area is 82.2 Å². The highest BCUT2D eigenvalue weighted by atomic mass is 16.4. The average molecular weight is 198 g/mol. The molecule has 0 aromatic carbocycles. The monoisotopic (exact) mass is 198 g/mol. The molecule has 1 heterocycles. The molecule has 78 valence electrons. The van der Waals surface area contributed by atoms with Gasteiger partial charge in [-0.2, -0.15) is 0 Å². The van der Waals surface area contributed by atoms with Gasteiger partial charge in [-0.25, -0.2) is 0 Å². The standard InChI is InChI=1S/C10H14O4/c1-2-5-10(13,7-11)9(12)8-4-3-6-14-8/h3-4,6,11,13H,2,5,7H2,1H3. The van der Waals surface area contributed by atoms with E-state index in [1.807, 2.05) is 6.92 Å². The number of carbonyl (C=O) groups excluding carboxylic acids is 1. The molecule has 0 spiro atoms. The van der Waals surface area contributed by atoms with Crippen LogP contribution >= 0.6 is 0 Å². The largest absolute Gasteiger partial charge is 0.461 e. The topological polar surface area (TPSA) is 70.7 Å². The van der Waals surface area contributed by atoms with Crippen molar-refractivity contribution in [2.45, 2.75) is 25.4 Å². The summed E-state index contributed by atoms with van der Waals surface area (Å²) in [5.41, 5.74) is -1.70. The van der Waals surface area contributed by atoms with Gasteiger partial charge in [-0.3, -0.25) is 4.79 Å². The minimum absolute atomic E-state index is 0.0787. The molecule has 0 saturated heterocycles. The number of carbonyl (C=O) groups is 1. The van der Waals surface area contributed by atoms with E-state index in [0.717, 1.165) is 0 Å². The van der Waals surface area contributed by atoms with Crippen molar-refractivity contribution in [2.75, 3.05) is 6.61 Å². The fourth-order valence-corrected chi connectivity index (χ4v) is 1.32. The Balaban J connectivity index is 2.85. The predicted octanol–water partition coefficient (Wildman–Crippen LogP) is 0.986. The average Bonchev–Trinajstić information content (AvgIpc) is 2.69. The first-order valence-corrected chi connectivity index (χ1v) is 4.55. The van der Waals surface area contributed by atoms with Crippen LogP contribution < -0.4 is 0 Å². The Hall–Kier alpha value is -1.13. The van der Waals surface area contributed by atoms with Gasteiger partial charge in [0.1, 0.15) is 0 Å². The van der Waals surface area contributed by atoms with E-state index in [0.29, 0.717) is 6.42 Å². The lowest BCUT2D eigenvalue weighted by Gasteiger charge is -2.22. The van der Waals surface area contributed by atoms with Crippen LogP contribution in [-0.2, 0) is 0 Å². The first-order chi connectivity index (χ1) is 6.64. The molecule has 0 saturated carbocycles. The highest BCUT2D eigenvalue weighted by Crippen LogP contribution is 2.19. The zero-order valence-corrected chi connectivity index (χ0v) is 8.06. The first kappa shape index (κ1) is 10.9. The highest BCUT2D eigenvalue weighted by molar-refractivity contribution is 6.00. The Bertz CT molecular complexity index is 291. The molecule has 1 aromatic rings. The fourth-order valence-electron chi connectivity index (χ4n) is 1.32. The van der Waals surface area contributed by atoms with E-state index in [1.54, 1.807) is 6.07 Å². The second-order valence-electron chi connectivity index (χ2n) is 3.25. The summed E-state index contributed by atoms with van der Waals surface area (Å²) in [6, 6.07) is 3.04. The summed E-state index contributed by atoms with van der Waals surface area (Å²) in [4.78, 5) is 11.6. The van der Waals surface area contributed by atoms with Gasteiger partial charge in [0, 0.05) is 0 Å². The number of hydrogen-bond donors (Lipinski definition) is 2. The summed E-state index contributed by atoms with van der Waals surface area (Å²) in [6.07, 6.45) is 2.20. The maximum Gasteiger partial charge on any atom is 0.231 e. The van der Waals surface area contributed by atoms with Crippen molar-refractivity contribution in [1.29, 1.82) is 0 Å². The lowest BCUT2D eigenvalue weighted by Crippen LogP contribution is -2.42. The van der Waals surface area contributed by atoms with Gasteiger partial charge in [0.25, 0.3) is 0 Å². The molecule has 0 aliphatic carbocycles. The normalized spacial score (nSPS) is 15.1. The van der Waals surface area contributed by atoms with Crippen LogP contribution in [0.25, 0.3) is 0 Å². The van der Waals surface area contributed by atoms with E-state index in [4.69, 9.17) is 9.52 Å². The van der Waals surface area contributed by atoms with Crippen LogP contribution in [0.2, 0.25) is 0 Å². The van der Waals surface area contributed by atoms with Crippen LogP contribution in [-0.4, -0.2) is 28.2 Å². The number of aliphatic hydroxyl groups excluding tert-OH is 1. The van der Waals surface area contributed by atoms with Crippen molar-refractivity contribution < 1.29 is 19.4 Å². The fraction of sp³-hybridized carbons (Fsp3) is 0.500. The molecule has 1 atom stereocenters. The molecular formula is C10H14O4. The van der Waals surface area contributed by atoms with Crippen molar-refractivity contribution in [3.63, 3.8) is 0 Å². The molecule has 4 heteroatoms. The van der Waals surface area contributed by atoms with E-state index in [9.17, 15) is 9.90 Å². The smallest absolute Gasteiger partial charge is 0.231 e. The van der Waals surface area contributed by atoms with Crippen molar-refractivity contribution in [2.24, 2.45) is 0 Å². The van der Waals surface area contributed by atoms with E-state index in [2.05, 4.69) is 0 Å². The third-order valence-corrected chi connectivity index (χ3v) is 2.09. The summed E-state index contributed by atoms with van der Waals surface area (Å²) >= 11 is 0. The Morgan fingerprint density at radius 2 is 2.36 bits per heavy atom. The quantitative estimate of drug-likeness (QED) is 0.692. The summed E-state index contributed by atoms with van der Waals surface area (Å²) in [7, 11) is 0. The summed E-state index contributed by atoms with van der Waals surface area (Å²) in [6.45, 7) is 1.25. The molecule has 0 fully saturated rings. The zero-order valence-electron chi connectivity index (χ0n) is 8.06. The minimum Gasteiger partial charge on any atom is -0.461 e. The second kappa shape index (κ2) is 4.39. The summed E-state index contributed by atoms with van der Waals surface area (Å²) in [5, 5.41) is 18.8. The number of aliphatic hydroxyl groups is 2. The molecule has 0 aliphatic rings. The van der Waals surface area contributed by atoms with Crippen molar-refractivity contribution >= 4 is 5.78 Å². The zero-order chi connectivity index (χ0) is 10.6. The van der Waals surface area contributed by atoms with Gasteiger partial charge in [-0.05, 0) is 18.6 Å². The van der Waals surface area contributed by atoms with Gasteiger partial charge in [0.2, 0.25) is 5.78 Å². The van der Waals surface area contributed by atoms with Crippen molar-refractivity contribution in [3.8, 4) is 0 Å². The van der Waals surface area contributed by atoms with Crippen LogP contribution in [0.5, 0.6) is 0 Å². The third-order valence-electron chi connectivity index (χ3n) is 2.09. The molecular weight excluding hydrogens is 184 g/mol. The lowest BCUT2D eigenvalue weighted by atomic mass is 9.92. The summed E-state index contributed by atoms with van der Waals surface area (Å²) in [5.74, 6) is -0.484. The molecule has 0 amide bonds. The van der Waals surface area contributed by atoms with E-state index in [1.165, 1.54) is 12.3 Å². The van der Waals surface area contributed by atoms with Gasteiger partial charge >= 0.3 is 0 Å². The van der Waals surface area contributed by atoms with E-state index >= 15 is 0 Å². The molecule has 1 aromatic heterocycles. The maximum atomic E-state index is 11.6. The number of furan rings is 1. The predicted molar refractivity (Wildman–Crippen MR) is 50.0 cm³/mol. The van der Waals surface area contributed by atoms with Gasteiger partial charge in [0.15, 0.2) is 11.4 Å². The molecule has 0 aliphatic heterocycles. The van der Waals surface area contributed by atoms with Gasteiger partial charge in [0.05, 0.1) is 12.9 Å². The van der Waals surface area contributed by atoms with E-state index < -0.39 is 18.0 Å². The Kier molecular flexibility index (Phi) is 3.43. The second-order valence-corrected chi connectivity index (χ2v) is 3.25. The number of rotatable bonds is 5. The highest BCUT2D eigenvalue weighted by Gasteiger charge is 2.36. The maximum absolute atomic E-state index is 11.6. The molecule has 14 heavy (non-hydrogen) atoms. The molecule has 4 nitrogen and oxygen atoms in total. The van der Waals surface area contributed by atoms with Crippen LogP contribution in [0, 0.1) is 0 Å². The van der Waals surface area contributed by atoms with Crippen molar-refractivity contribution in [3.05, 3.63) is 24.2 Å². The lowest BCUT2D eigenvalue weighted by molar-refractivity contribution is -0.00828. The molecule has 1 unspecified atom stereocenters. The van der Waals surface area contributed by atoms with Gasteiger partial charge in [-0.1, -0.05) is 13.3 Å². The van der Waals surface area contributed by atoms with Crippen LogP contribution in [0.4, 0.5) is 0 Å². The van der Waals surface area contributed by atoms with Crippen LogP contribution in [0.15, 0.2) is 22.8 Å². The van der Waals surface area contributed by atoms with Crippen LogP contribution in [0.1, 0.15) is 30.3 Å². The Morgan fingerprint density at radius 1 is 1.64 bits per heavy atom. The summed E-state index contributed by atoms with van der Waals surface area (Å²) < 4.78 is 4.87. The number of ketones is 1. The number of Topliss-reactive ketones (excluding diaryl/α,β-unsaturated/α-hetero) is 1. The van der Waals surface area contributed by atoms with Gasteiger partial charge in [-0.15, -0.1) is 0 Å². The molecule has 0 bridgehead atoms. The minimum atomic E-state index is -1.70. The number of hydrogen-bond acceptors (Lipinski definition) is 4. The Morgan fingerprint density at radius 3 is 2.79 bits per heavy atom. The molecule has 2 N–H and O–H groups in total. The molecule has 1 rings (SSSR count). The van der Waals surface area contributed by atoms with Gasteiger partial charge < -0.3 is 14.6 Å². The van der Waals surface area contributed by atoms with E-state index in [-0.39, 0.29) is 12.2 Å². The first-order valence-electron chi connectivity index (χ1n) is 4.55. The van der Waals surface area contributed by atoms with Crippen molar-refractivity contribution in [1.82, 2.24) is 0 Å². The van der Waals surface area contributed by atoms with Crippen LogP contribution in [0.3, 0.4) is 0 Å². The molecule has 0 radical (unpaired) electrons.